The van der Waals surface area contributed by atoms with Crippen LogP contribution in [-0.4, -0.2) is 72.4 Å². The van der Waals surface area contributed by atoms with Crippen molar-refractivity contribution in [2.45, 2.75) is 50.7 Å². The summed E-state index contributed by atoms with van der Waals surface area (Å²) < 4.78 is 30.6. The molecule has 2 aromatic rings. The summed E-state index contributed by atoms with van der Waals surface area (Å²) in [6.07, 6.45) is 3.75. The summed E-state index contributed by atoms with van der Waals surface area (Å²) in [7, 11) is 0.401. The number of hydrogen-bond acceptors (Lipinski definition) is 6. The Labute approximate surface area is 188 Å². The molecule has 1 unspecified atom stereocenters. The van der Waals surface area contributed by atoms with Crippen LogP contribution in [0.4, 0.5) is 5.69 Å². The van der Waals surface area contributed by atoms with Crippen molar-refractivity contribution in [2.24, 2.45) is 0 Å². The monoisotopic (exact) mass is 498 g/mol. The second kappa shape index (κ2) is 9.76. The second-order valence-electron chi connectivity index (χ2n) is 7.92. The first-order valence-electron chi connectivity index (χ1n) is 10.4. The molecular formula is C20H31BrN6O2S. The molecule has 1 aliphatic heterocycles. The number of benzene rings is 1. The lowest BCUT2D eigenvalue weighted by Gasteiger charge is -2.39. The molecule has 2 heterocycles. The van der Waals surface area contributed by atoms with Crippen molar-refractivity contribution < 1.29 is 8.42 Å². The average Bonchev–Trinajstić information content (AvgIpc) is 3.09. The largest absolute Gasteiger partial charge is 0.371 e. The van der Waals surface area contributed by atoms with Crippen LogP contribution in [0.5, 0.6) is 0 Å². The van der Waals surface area contributed by atoms with Crippen molar-refractivity contribution in [1.82, 2.24) is 24.2 Å². The third-order valence-electron chi connectivity index (χ3n) is 5.29. The molecule has 0 saturated carbocycles. The van der Waals surface area contributed by atoms with Crippen LogP contribution in [0.25, 0.3) is 0 Å². The smallest absolute Gasteiger partial charge is 0.243 e. The van der Waals surface area contributed by atoms with Crippen LogP contribution in [0, 0.1) is 0 Å². The molecule has 1 aromatic carbocycles. The van der Waals surface area contributed by atoms with Gasteiger partial charge in [0.2, 0.25) is 10.0 Å². The lowest BCUT2D eigenvalue weighted by molar-refractivity contribution is 0.172. The maximum absolute atomic E-state index is 13.2. The molecule has 1 aromatic heterocycles. The van der Waals surface area contributed by atoms with Gasteiger partial charge in [-0.2, -0.15) is 4.31 Å². The molecule has 0 spiro atoms. The summed E-state index contributed by atoms with van der Waals surface area (Å²) in [5.41, 5.74) is 1.90. The summed E-state index contributed by atoms with van der Waals surface area (Å²) in [4.78, 5) is 4.58. The van der Waals surface area contributed by atoms with Crippen molar-refractivity contribution in [2.75, 3.05) is 38.6 Å². The van der Waals surface area contributed by atoms with Crippen LogP contribution in [0.3, 0.4) is 0 Å². The molecular weight excluding hydrogens is 468 g/mol. The third kappa shape index (κ3) is 5.04. The Kier molecular flexibility index (Phi) is 7.54. The van der Waals surface area contributed by atoms with Gasteiger partial charge < -0.3 is 9.80 Å². The minimum absolute atomic E-state index is 0.102. The Morgan fingerprint density at radius 2 is 2.03 bits per heavy atom. The predicted octanol–water partition coefficient (Wildman–Crippen LogP) is 2.80. The van der Waals surface area contributed by atoms with Gasteiger partial charge in [-0.05, 0) is 68.0 Å². The minimum Gasteiger partial charge on any atom is -0.371 e. The fourth-order valence-electron chi connectivity index (χ4n) is 3.71. The van der Waals surface area contributed by atoms with E-state index < -0.39 is 10.0 Å². The summed E-state index contributed by atoms with van der Waals surface area (Å²) >= 11 is 3.58. The zero-order valence-corrected chi connectivity index (χ0v) is 20.5. The molecule has 1 aliphatic rings. The highest BCUT2D eigenvalue weighted by molar-refractivity contribution is 9.10. The van der Waals surface area contributed by atoms with Crippen LogP contribution in [0.2, 0.25) is 0 Å². The van der Waals surface area contributed by atoms with Gasteiger partial charge in [-0.1, -0.05) is 12.1 Å². The highest BCUT2D eigenvalue weighted by atomic mass is 79.9. The lowest BCUT2D eigenvalue weighted by atomic mass is 10.1. The van der Waals surface area contributed by atoms with E-state index in [0.29, 0.717) is 24.5 Å². The van der Waals surface area contributed by atoms with Crippen LogP contribution in [0.15, 0.2) is 33.8 Å². The van der Waals surface area contributed by atoms with Gasteiger partial charge in [0.15, 0.2) is 0 Å². The molecule has 1 saturated heterocycles. The maximum atomic E-state index is 13.2. The van der Waals surface area contributed by atoms with E-state index in [9.17, 15) is 8.42 Å². The van der Waals surface area contributed by atoms with Gasteiger partial charge in [-0.3, -0.25) is 4.68 Å². The molecule has 0 N–H and O–H groups in total. The molecule has 0 aliphatic carbocycles. The molecule has 0 bridgehead atoms. The maximum Gasteiger partial charge on any atom is 0.243 e. The number of nitrogens with zero attached hydrogens (tertiary/aromatic N) is 6. The first-order valence-corrected chi connectivity index (χ1v) is 12.6. The number of sulfonamides is 1. The van der Waals surface area contributed by atoms with Gasteiger partial charge in [-0.25, -0.2) is 8.42 Å². The molecule has 1 fully saturated rings. The summed E-state index contributed by atoms with van der Waals surface area (Å²) in [6.45, 7) is 7.80. The number of halogens is 1. The zero-order chi connectivity index (χ0) is 21.9. The SMILES string of the molecule is CCCN(CC)c1ccc(S(=O)(=O)N2CCC2Cn2cc(CN(C)C)nn2)cc1Br. The topological polar surface area (TPSA) is 74.6 Å². The zero-order valence-electron chi connectivity index (χ0n) is 18.1. The van der Waals surface area contributed by atoms with E-state index in [1.807, 2.05) is 31.3 Å². The Balaban J connectivity index is 1.73. The average molecular weight is 499 g/mol. The van der Waals surface area contributed by atoms with Crippen molar-refractivity contribution in [3.05, 3.63) is 34.6 Å². The highest BCUT2D eigenvalue weighted by Crippen LogP contribution is 2.33. The number of hydrogen-bond donors (Lipinski definition) is 0. The standard InChI is InChI=1S/C20H31BrN6O2S/c1-5-10-25(6-2)20-8-7-18(12-19(20)21)30(28,29)27-11-9-17(27)15-26-14-16(22-23-26)13-24(3)4/h7-8,12,14,17H,5-6,9-11,13,15H2,1-4H3. The van der Waals surface area contributed by atoms with Gasteiger partial charge in [0.1, 0.15) is 0 Å². The van der Waals surface area contributed by atoms with Gasteiger partial charge in [0.05, 0.1) is 22.8 Å². The van der Waals surface area contributed by atoms with Crippen molar-refractivity contribution in [1.29, 1.82) is 0 Å². The first-order chi connectivity index (χ1) is 14.3. The highest BCUT2D eigenvalue weighted by Gasteiger charge is 2.39. The van der Waals surface area contributed by atoms with E-state index in [1.54, 1.807) is 21.1 Å². The second-order valence-corrected chi connectivity index (χ2v) is 10.7. The Bertz CT molecular complexity index is 962. The molecule has 0 amide bonds. The molecule has 0 radical (unpaired) electrons. The number of aromatic nitrogens is 3. The van der Waals surface area contributed by atoms with E-state index in [-0.39, 0.29) is 6.04 Å². The van der Waals surface area contributed by atoms with Gasteiger partial charge in [0, 0.05) is 42.9 Å². The van der Waals surface area contributed by atoms with Crippen LogP contribution in [0.1, 0.15) is 32.4 Å². The van der Waals surface area contributed by atoms with Gasteiger partial charge in [0.25, 0.3) is 0 Å². The van der Waals surface area contributed by atoms with E-state index >= 15 is 0 Å². The van der Waals surface area contributed by atoms with Gasteiger partial charge in [-0.15, -0.1) is 5.10 Å². The molecule has 166 valence electrons. The Morgan fingerprint density at radius 3 is 2.60 bits per heavy atom. The van der Waals surface area contributed by atoms with E-state index in [2.05, 4.69) is 45.0 Å². The Hall–Kier alpha value is -1.49. The lowest BCUT2D eigenvalue weighted by Crippen LogP contribution is -2.52. The van der Waals surface area contributed by atoms with E-state index in [1.165, 1.54) is 0 Å². The minimum atomic E-state index is -3.55. The van der Waals surface area contributed by atoms with Crippen LogP contribution < -0.4 is 4.90 Å². The van der Waals surface area contributed by atoms with Crippen molar-refractivity contribution >= 4 is 31.6 Å². The quantitative estimate of drug-likeness (QED) is 0.501. The molecule has 3 rings (SSSR count). The van der Waals surface area contributed by atoms with Crippen molar-refractivity contribution in [3.63, 3.8) is 0 Å². The number of anilines is 1. The molecule has 30 heavy (non-hydrogen) atoms. The predicted molar refractivity (Wildman–Crippen MR) is 122 cm³/mol. The number of rotatable bonds is 10. The van der Waals surface area contributed by atoms with Crippen LogP contribution in [-0.2, 0) is 23.1 Å². The van der Waals surface area contributed by atoms with Crippen LogP contribution >= 0.6 is 15.9 Å². The summed E-state index contributed by atoms with van der Waals surface area (Å²) in [5, 5.41) is 8.32. The van der Waals surface area contributed by atoms with Gasteiger partial charge >= 0.3 is 0 Å². The molecule has 1 atom stereocenters. The summed E-state index contributed by atoms with van der Waals surface area (Å²) in [6, 6.07) is 5.24. The normalized spacial score (nSPS) is 17.3. The molecule has 10 heteroatoms. The molecule has 8 nitrogen and oxygen atoms in total. The fraction of sp³-hybridized carbons (Fsp3) is 0.600. The third-order valence-corrected chi connectivity index (χ3v) is 7.88. The fourth-order valence-corrected chi connectivity index (χ4v) is 6.18. The first kappa shape index (κ1) is 23.2. The van der Waals surface area contributed by atoms with E-state index in [4.69, 9.17) is 0 Å². The van der Waals surface area contributed by atoms with E-state index in [0.717, 1.165) is 41.8 Å². The summed E-state index contributed by atoms with van der Waals surface area (Å²) in [5.74, 6) is 0. The Morgan fingerprint density at radius 1 is 1.27 bits per heavy atom. The van der Waals surface area contributed by atoms with Crippen molar-refractivity contribution in [3.8, 4) is 0 Å².